The fourth-order valence-corrected chi connectivity index (χ4v) is 2.96. The zero-order chi connectivity index (χ0) is 10.4. The van der Waals surface area contributed by atoms with Crippen molar-refractivity contribution >= 4 is 11.8 Å². The Balaban J connectivity index is 2.05. The van der Waals surface area contributed by atoms with Crippen LogP contribution in [0, 0.1) is 5.92 Å². The van der Waals surface area contributed by atoms with Gasteiger partial charge in [0.2, 0.25) is 0 Å². The van der Waals surface area contributed by atoms with Crippen molar-refractivity contribution in [2.75, 3.05) is 31.9 Å². The van der Waals surface area contributed by atoms with Gasteiger partial charge in [0.05, 0.1) is 0 Å². The topological polar surface area (TPSA) is 29.3 Å². The van der Waals surface area contributed by atoms with Crippen molar-refractivity contribution in [3.63, 3.8) is 0 Å². The van der Waals surface area contributed by atoms with Gasteiger partial charge in [0.15, 0.2) is 0 Å². The quantitative estimate of drug-likeness (QED) is 0.760. The van der Waals surface area contributed by atoms with Crippen LogP contribution in [0.2, 0.25) is 0 Å². The van der Waals surface area contributed by atoms with Crippen molar-refractivity contribution in [3.05, 3.63) is 0 Å². The molecular formula is C11H24N2S. The maximum Gasteiger partial charge on any atom is 0.0147 e. The van der Waals surface area contributed by atoms with Crippen LogP contribution in [-0.4, -0.2) is 42.1 Å². The summed E-state index contributed by atoms with van der Waals surface area (Å²) in [5.74, 6) is 2.01. The van der Waals surface area contributed by atoms with Crippen molar-refractivity contribution < 1.29 is 0 Å². The predicted molar refractivity (Wildman–Crippen MR) is 65.8 cm³/mol. The van der Waals surface area contributed by atoms with Crippen molar-refractivity contribution in [2.45, 2.75) is 31.9 Å². The van der Waals surface area contributed by atoms with Crippen molar-refractivity contribution in [1.29, 1.82) is 0 Å². The second-order valence-corrected chi connectivity index (χ2v) is 6.01. The summed E-state index contributed by atoms with van der Waals surface area (Å²) >= 11 is 2.10. The molecule has 1 aliphatic heterocycles. The number of hydrogen-bond acceptors (Lipinski definition) is 3. The number of hydrogen-bond donors (Lipinski definition) is 1. The first-order chi connectivity index (χ1) is 6.72. The molecule has 1 aliphatic rings. The second kappa shape index (κ2) is 6.70. The van der Waals surface area contributed by atoms with Gasteiger partial charge in [-0.2, -0.15) is 11.8 Å². The largest absolute Gasteiger partial charge is 0.330 e. The van der Waals surface area contributed by atoms with Crippen LogP contribution in [0.15, 0.2) is 0 Å². The zero-order valence-electron chi connectivity index (χ0n) is 9.54. The molecule has 0 radical (unpaired) electrons. The average molecular weight is 216 g/mol. The molecule has 1 saturated heterocycles. The fraction of sp³-hybridized carbons (Fsp3) is 1.00. The van der Waals surface area contributed by atoms with Gasteiger partial charge in [0.25, 0.3) is 0 Å². The molecule has 84 valence electrons. The summed E-state index contributed by atoms with van der Waals surface area (Å²) < 4.78 is 0. The van der Waals surface area contributed by atoms with E-state index in [0.717, 1.165) is 11.8 Å². The molecule has 0 aromatic rings. The summed E-state index contributed by atoms with van der Waals surface area (Å²) in [5, 5.41) is 0.829. The Bertz CT molecular complexity index is 152. The van der Waals surface area contributed by atoms with Crippen molar-refractivity contribution in [3.8, 4) is 0 Å². The SMILES string of the molecule is CC(CN)CCCN1CCSC(C)C1. The molecule has 14 heavy (non-hydrogen) atoms. The molecule has 0 amide bonds. The molecule has 0 aliphatic carbocycles. The molecule has 1 rings (SSSR count). The van der Waals surface area contributed by atoms with E-state index in [1.54, 1.807) is 0 Å². The first kappa shape index (κ1) is 12.3. The van der Waals surface area contributed by atoms with E-state index in [-0.39, 0.29) is 0 Å². The van der Waals surface area contributed by atoms with Crippen LogP contribution in [0.4, 0.5) is 0 Å². The van der Waals surface area contributed by atoms with Crippen molar-refractivity contribution in [1.82, 2.24) is 4.90 Å². The van der Waals surface area contributed by atoms with Gasteiger partial charge in [-0.25, -0.2) is 0 Å². The summed E-state index contributed by atoms with van der Waals surface area (Å²) in [6.07, 6.45) is 2.60. The third kappa shape index (κ3) is 4.67. The van der Waals surface area contributed by atoms with E-state index in [9.17, 15) is 0 Å². The van der Waals surface area contributed by atoms with E-state index in [0.29, 0.717) is 5.92 Å². The molecule has 3 heteroatoms. The number of thioether (sulfide) groups is 1. The van der Waals surface area contributed by atoms with E-state index in [1.807, 2.05) is 0 Å². The molecule has 0 aromatic heterocycles. The van der Waals surface area contributed by atoms with Gasteiger partial charge in [-0.05, 0) is 31.8 Å². The highest BCUT2D eigenvalue weighted by Crippen LogP contribution is 2.18. The van der Waals surface area contributed by atoms with Crippen LogP contribution in [0.25, 0.3) is 0 Å². The van der Waals surface area contributed by atoms with Gasteiger partial charge >= 0.3 is 0 Å². The molecule has 0 aromatic carbocycles. The van der Waals surface area contributed by atoms with Gasteiger partial charge in [0.1, 0.15) is 0 Å². The Morgan fingerprint density at radius 2 is 2.36 bits per heavy atom. The van der Waals surface area contributed by atoms with Crippen LogP contribution in [0.5, 0.6) is 0 Å². The number of nitrogens with zero attached hydrogens (tertiary/aromatic N) is 1. The summed E-state index contributed by atoms with van der Waals surface area (Å²) in [7, 11) is 0. The van der Waals surface area contributed by atoms with Crippen LogP contribution in [0.1, 0.15) is 26.7 Å². The van der Waals surface area contributed by atoms with Crippen LogP contribution in [0.3, 0.4) is 0 Å². The summed E-state index contributed by atoms with van der Waals surface area (Å²) in [5.41, 5.74) is 5.60. The highest BCUT2D eigenvalue weighted by molar-refractivity contribution is 7.99. The molecule has 0 bridgehead atoms. The van der Waals surface area contributed by atoms with Crippen LogP contribution < -0.4 is 5.73 Å². The number of rotatable bonds is 5. The van der Waals surface area contributed by atoms with Crippen LogP contribution >= 0.6 is 11.8 Å². The van der Waals surface area contributed by atoms with E-state index in [4.69, 9.17) is 5.73 Å². The lowest BCUT2D eigenvalue weighted by molar-refractivity contribution is 0.274. The van der Waals surface area contributed by atoms with Gasteiger partial charge in [-0.15, -0.1) is 0 Å². The Labute approximate surface area is 92.6 Å². The third-order valence-corrected chi connectivity index (χ3v) is 4.04. The van der Waals surface area contributed by atoms with Gasteiger partial charge in [-0.1, -0.05) is 13.8 Å². The summed E-state index contributed by atoms with van der Waals surface area (Å²) in [6, 6.07) is 0. The average Bonchev–Trinajstić information content (AvgIpc) is 2.17. The highest BCUT2D eigenvalue weighted by Gasteiger charge is 2.15. The maximum absolute atomic E-state index is 5.60. The normalized spacial score (nSPS) is 26.4. The van der Waals surface area contributed by atoms with Gasteiger partial charge in [0, 0.05) is 24.1 Å². The monoisotopic (exact) mass is 216 g/mol. The fourth-order valence-electron chi connectivity index (χ4n) is 1.87. The van der Waals surface area contributed by atoms with E-state index < -0.39 is 0 Å². The second-order valence-electron chi connectivity index (χ2n) is 4.47. The van der Waals surface area contributed by atoms with E-state index in [1.165, 1.54) is 38.2 Å². The zero-order valence-corrected chi connectivity index (χ0v) is 10.4. The predicted octanol–water partition coefficient (Wildman–Crippen LogP) is 1.80. The van der Waals surface area contributed by atoms with Crippen LogP contribution in [-0.2, 0) is 0 Å². The lowest BCUT2D eigenvalue weighted by Gasteiger charge is -2.30. The molecule has 1 heterocycles. The molecular weight excluding hydrogens is 192 g/mol. The Morgan fingerprint density at radius 1 is 1.57 bits per heavy atom. The molecule has 2 unspecified atom stereocenters. The third-order valence-electron chi connectivity index (χ3n) is 2.90. The Hall–Kier alpha value is 0.270. The minimum absolute atomic E-state index is 0.701. The molecule has 2 N–H and O–H groups in total. The minimum atomic E-state index is 0.701. The lowest BCUT2D eigenvalue weighted by Crippen LogP contribution is -2.37. The van der Waals surface area contributed by atoms with Crippen molar-refractivity contribution in [2.24, 2.45) is 11.7 Å². The lowest BCUT2D eigenvalue weighted by atomic mass is 10.1. The first-order valence-electron chi connectivity index (χ1n) is 5.76. The molecule has 1 fully saturated rings. The Kier molecular flexibility index (Phi) is 5.90. The van der Waals surface area contributed by atoms with E-state index >= 15 is 0 Å². The van der Waals surface area contributed by atoms with E-state index in [2.05, 4.69) is 30.5 Å². The summed E-state index contributed by atoms with van der Waals surface area (Å²) in [4.78, 5) is 2.60. The Morgan fingerprint density at radius 3 is 3.00 bits per heavy atom. The first-order valence-corrected chi connectivity index (χ1v) is 6.81. The molecule has 0 saturated carbocycles. The standard InChI is InChI=1S/C11H24N2S/c1-10(8-12)4-3-5-13-6-7-14-11(2)9-13/h10-11H,3-9,12H2,1-2H3. The van der Waals surface area contributed by atoms with Gasteiger partial charge < -0.3 is 10.6 Å². The molecule has 2 atom stereocenters. The maximum atomic E-state index is 5.60. The summed E-state index contributed by atoms with van der Waals surface area (Å²) in [6.45, 7) is 9.25. The minimum Gasteiger partial charge on any atom is -0.330 e. The number of nitrogens with two attached hydrogens (primary N) is 1. The van der Waals surface area contributed by atoms with Gasteiger partial charge in [-0.3, -0.25) is 0 Å². The smallest absolute Gasteiger partial charge is 0.0147 e. The molecule has 0 spiro atoms. The molecule has 2 nitrogen and oxygen atoms in total. The highest BCUT2D eigenvalue weighted by atomic mass is 32.2.